The number of amides is 2. The number of nitrogens with one attached hydrogen (secondary N) is 1. The lowest BCUT2D eigenvalue weighted by molar-refractivity contribution is -0.131. The third-order valence-electron chi connectivity index (χ3n) is 3.09. The van der Waals surface area contributed by atoms with Crippen LogP contribution in [0.4, 0.5) is 0 Å². The maximum atomic E-state index is 12.2. The fourth-order valence-corrected chi connectivity index (χ4v) is 2.04. The molecule has 0 bridgehead atoms. The van der Waals surface area contributed by atoms with Gasteiger partial charge in [0.2, 0.25) is 5.91 Å². The second kappa shape index (κ2) is 8.25. The molecule has 0 aliphatic carbocycles. The predicted molar refractivity (Wildman–Crippen MR) is 85.1 cm³/mol. The van der Waals surface area contributed by atoms with E-state index < -0.39 is 0 Å². The summed E-state index contributed by atoms with van der Waals surface area (Å²) in [6.45, 7) is 10.7. The first-order valence-corrected chi connectivity index (χ1v) is 7.22. The second-order valence-electron chi connectivity index (χ2n) is 5.31. The Hall–Kier alpha value is -2.10. The summed E-state index contributed by atoms with van der Waals surface area (Å²) < 4.78 is 0. The van der Waals surface area contributed by atoms with Crippen molar-refractivity contribution in [1.82, 2.24) is 10.2 Å². The normalized spacial score (nSPS) is 11.6. The number of hydrogen-bond donors (Lipinski definition) is 1. The lowest BCUT2D eigenvalue weighted by Crippen LogP contribution is -2.39. The van der Waals surface area contributed by atoms with Crippen LogP contribution in [-0.2, 0) is 4.79 Å². The average molecular weight is 288 g/mol. The van der Waals surface area contributed by atoms with E-state index in [1.54, 1.807) is 17.0 Å². The summed E-state index contributed by atoms with van der Waals surface area (Å²) in [7, 11) is 0. The average Bonchev–Trinajstić information content (AvgIpc) is 2.45. The maximum Gasteiger partial charge on any atom is 0.251 e. The Kier molecular flexibility index (Phi) is 6.66. The van der Waals surface area contributed by atoms with E-state index in [-0.39, 0.29) is 17.9 Å². The molecule has 0 saturated heterocycles. The Bertz CT molecular complexity index is 497. The molecule has 21 heavy (non-hydrogen) atoms. The van der Waals surface area contributed by atoms with Gasteiger partial charge in [-0.3, -0.25) is 9.59 Å². The molecule has 1 N–H and O–H groups in total. The number of benzene rings is 1. The van der Waals surface area contributed by atoms with Crippen LogP contribution in [-0.4, -0.2) is 35.8 Å². The zero-order valence-corrected chi connectivity index (χ0v) is 13.1. The van der Waals surface area contributed by atoms with E-state index in [9.17, 15) is 9.59 Å². The molecule has 0 saturated carbocycles. The van der Waals surface area contributed by atoms with Gasteiger partial charge in [0.15, 0.2) is 0 Å². The van der Waals surface area contributed by atoms with Gasteiger partial charge in [-0.2, -0.15) is 0 Å². The summed E-state index contributed by atoms with van der Waals surface area (Å²) in [5.41, 5.74) is 1.55. The molecule has 114 valence electrons. The van der Waals surface area contributed by atoms with Gasteiger partial charge in [0.05, 0.1) is 0 Å². The van der Waals surface area contributed by atoms with Crippen LogP contribution in [0, 0.1) is 0 Å². The Labute approximate surface area is 126 Å². The molecule has 1 unspecified atom stereocenters. The van der Waals surface area contributed by atoms with E-state index in [4.69, 9.17) is 0 Å². The molecule has 0 aromatic heterocycles. The topological polar surface area (TPSA) is 49.4 Å². The molecule has 0 aliphatic rings. The van der Waals surface area contributed by atoms with Crippen molar-refractivity contribution in [2.75, 3.05) is 13.1 Å². The van der Waals surface area contributed by atoms with Gasteiger partial charge < -0.3 is 10.2 Å². The minimum Gasteiger partial charge on any atom is -0.349 e. The molecule has 1 atom stereocenters. The summed E-state index contributed by atoms with van der Waals surface area (Å²) >= 11 is 0. The fourth-order valence-electron chi connectivity index (χ4n) is 2.04. The van der Waals surface area contributed by atoms with Gasteiger partial charge in [-0.05, 0) is 32.9 Å². The largest absolute Gasteiger partial charge is 0.349 e. The molecule has 0 aliphatic heterocycles. The van der Waals surface area contributed by atoms with E-state index in [1.165, 1.54) is 0 Å². The summed E-state index contributed by atoms with van der Waals surface area (Å²) in [6.07, 6.45) is 0.291. The van der Waals surface area contributed by atoms with Gasteiger partial charge in [-0.15, -0.1) is 0 Å². The van der Waals surface area contributed by atoms with Crippen LogP contribution in [0.2, 0.25) is 0 Å². The van der Waals surface area contributed by atoms with Crippen molar-refractivity contribution in [3.63, 3.8) is 0 Å². The second-order valence-corrected chi connectivity index (χ2v) is 5.31. The fraction of sp³-hybridized carbons (Fsp3) is 0.412. The van der Waals surface area contributed by atoms with Crippen molar-refractivity contribution in [3.05, 3.63) is 48.0 Å². The molecule has 1 aromatic rings. The lowest BCUT2D eigenvalue weighted by Gasteiger charge is -2.23. The third-order valence-corrected chi connectivity index (χ3v) is 3.09. The highest BCUT2D eigenvalue weighted by Gasteiger charge is 2.17. The molecule has 4 heteroatoms. The minimum atomic E-state index is -0.204. The van der Waals surface area contributed by atoms with E-state index in [0.717, 1.165) is 5.57 Å². The summed E-state index contributed by atoms with van der Waals surface area (Å²) in [6, 6.07) is 8.80. The smallest absolute Gasteiger partial charge is 0.251 e. The number of carbonyl (C=O) groups is 2. The Balaban J connectivity index is 2.52. The van der Waals surface area contributed by atoms with Crippen molar-refractivity contribution in [3.8, 4) is 0 Å². The first-order valence-electron chi connectivity index (χ1n) is 7.22. The number of likely N-dealkylation sites (N-methyl/N-ethyl adjacent to an activating group) is 1. The summed E-state index contributed by atoms with van der Waals surface area (Å²) in [5, 5.41) is 2.85. The predicted octanol–water partition coefficient (Wildman–Crippen LogP) is 2.62. The molecule has 4 nitrogen and oxygen atoms in total. The van der Waals surface area contributed by atoms with Gasteiger partial charge in [0.25, 0.3) is 5.91 Å². The van der Waals surface area contributed by atoms with Gasteiger partial charge in [-0.1, -0.05) is 30.4 Å². The summed E-state index contributed by atoms with van der Waals surface area (Å²) in [5.74, 6) is -0.125. The van der Waals surface area contributed by atoms with Crippen molar-refractivity contribution in [1.29, 1.82) is 0 Å². The van der Waals surface area contributed by atoms with Crippen molar-refractivity contribution < 1.29 is 9.59 Å². The van der Waals surface area contributed by atoms with Crippen molar-refractivity contribution >= 4 is 11.8 Å². The number of rotatable bonds is 7. The van der Waals surface area contributed by atoms with Crippen molar-refractivity contribution in [2.24, 2.45) is 0 Å². The highest BCUT2D eigenvalue weighted by molar-refractivity contribution is 5.94. The first-order chi connectivity index (χ1) is 9.93. The highest BCUT2D eigenvalue weighted by atomic mass is 16.2. The van der Waals surface area contributed by atoms with E-state index in [0.29, 0.717) is 25.1 Å². The van der Waals surface area contributed by atoms with Crippen LogP contribution < -0.4 is 5.32 Å². The molecule has 0 heterocycles. The van der Waals surface area contributed by atoms with Crippen LogP contribution in [0.5, 0.6) is 0 Å². The zero-order chi connectivity index (χ0) is 15.8. The van der Waals surface area contributed by atoms with Gasteiger partial charge >= 0.3 is 0 Å². The van der Waals surface area contributed by atoms with Crippen LogP contribution in [0.1, 0.15) is 37.6 Å². The maximum absolute atomic E-state index is 12.2. The zero-order valence-electron chi connectivity index (χ0n) is 13.1. The van der Waals surface area contributed by atoms with Gasteiger partial charge in [0.1, 0.15) is 0 Å². The Morgan fingerprint density at radius 3 is 2.43 bits per heavy atom. The van der Waals surface area contributed by atoms with Gasteiger partial charge in [-0.25, -0.2) is 0 Å². The van der Waals surface area contributed by atoms with E-state index in [1.807, 2.05) is 39.0 Å². The highest BCUT2D eigenvalue weighted by Crippen LogP contribution is 2.04. The number of nitrogens with zero attached hydrogens (tertiary/aromatic N) is 1. The molecule has 2 amide bonds. The summed E-state index contributed by atoms with van der Waals surface area (Å²) in [4.78, 5) is 25.9. The molecule has 0 radical (unpaired) electrons. The van der Waals surface area contributed by atoms with Gasteiger partial charge in [0, 0.05) is 31.1 Å². The quantitative estimate of drug-likeness (QED) is 0.784. The molecule has 1 aromatic carbocycles. The first kappa shape index (κ1) is 17.0. The lowest BCUT2D eigenvalue weighted by atomic mass is 10.1. The third kappa shape index (κ3) is 5.81. The number of carbonyl (C=O) groups excluding carboxylic acids is 2. The van der Waals surface area contributed by atoms with Crippen LogP contribution in [0.15, 0.2) is 42.5 Å². The minimum absolute atomic E-state index is 0.0290. The SMILES string of the molecule is C=C(C)CN(CC)C(=O)CC(C)NC(=O)c1ccccc1. The molecule has 1 rings (SSSR count). The molecule has 0 spiro atoms. The standard InChI is InChI=1S/C17H24N2O2/c1-5-19(12-13(2)3)16(20)11-14(4)18-17(21)15-9-7-6-8-10-15/h6-10,14H,2,5,11-12H2,1,3-4H3,(H,18,21). The number of hydrogen-bond acceptors (Lipinski definition) is 2. The Morgan fingerprint density at radius 2 is 1.90 bits per heavy atom. The van der Waals surface area contributed by atoms with Crippen LogP contribution >= 0.6 is 0 Å². The molecular weight excluding hydrogens is 264 g/mol. The molecule has 0 fully saturated rings. The monoisotopic (exact) mass is 288 g/mol. The Morgan fingerprint density at radius 1 is 1.29 bits per heavy atom. The molecular formula is C17H24N2O2. The van der Waals surface area contributed by atoms with E-state index >= 15 is 0 Å². The van der Waals surface area contributed by atoms with Crippen LogP contribution in [0.3, 0.4) is 0 Å². The van der Waals surface area contributed by atoms with Crippen LogP contribution in [0.25, 0.3) is 0 Å². The van der Waals surface area contributed by atoms with Crippen molar-refractivity contribution in [2.45, 2.75) is 33.2 Å². The van der Waals surface area contributed by atoms with E-state index in [2.05, 4.69) is 11.9 Å².